The van der Waals surface area contributed by atoms with E-state index in [1.54, 1.807) is 30.0 Å². The van der Waals surface area contributed by atoms with Gasteiger partial charge in [0.15, 0.2) is 0 Å². The van der Waals surface area contributed by atoms with E-state index in [0.29, 0.717) is 17.7 Å². The summed E-state index contributed by atoms with van der Waals surface area (Å²) in [6, 6.07) is 11.0. The lowest BCUT2D eigenvalue weighted by Crippen LogP contribution is -2.29. The predicted octanol–water partition coefficient (Wildman–Crippen LogP) is 3.23. The van der Waals surface area contributed by atoms with Crippen molar-refractivity contribution in [3.05, 3.63) is 59.9 Å². The lowest BCUT2D eigenvalue weighted by atomic mass is 10.1. The molecular formula is C19H23N3O2. The fourth-order valence-electron chi connectivity index (χ4n) is 2.35. The SMILES string of the molecule is CCCCN(C)C(=O)c1cncc(C(=O)N(C)c2ccccc2)c1. The molecule has 0 atom stereocenters. The first-order valence-corrected chi connectivity index (χ1v) is 8.08. The molecule has 0 aliphatic heterocycles. The Kier molecular flexibility index (Phi) is 6.07. The molecule has 2 amide bonds. The quantitative estimate of drug-likeness (QED) is 0.819. The van der Waals surface area contributed by atoms with Crippen LogP contribution < -0.4 is 4.90 Å². The highest BCUT2D eigenvalue weighted by molar-refractivity contribution is 6.07. The van der Waals surface area contributed by atoms with Crippen molar-refractivity contribution >= 4 is 17.5 Å². The van der Waals surface area contributed by atoms with E-state index < -0.39 is 0 Å². The molecule has 2 rings (SSSR count). The van der Waals surface area contributed by atoms with Crippen molar-refractivity contribution < 1.29 is 9.59 Å². The second kappa shape index (κ2) is 8.24. The summed E-state index contributed by atoms with van der Waals surface area (Å²) in [7, 11) is 3.47. The van der Waals surface area contributed by atoms with Gasteiger partial charge in [-0.3, -0.25) is 14.6 Å². The summed E-state index contributed by atoms with van der Waals surface area (Å²) in [6.45, 7) is 2.77. The average molecular weight is 325 g/mol. The molecule has 0 bridgehead atoms. The Hall–Kier alpha value is -2.69. The van der Waals surface area contributed by atoms with Gasteiger partial charge >= 0.3 is 0 Å². The van der Waals surface area contributed by atoms with Crippen molar-refractivity contribution in [1.29, 1.82) is 0 Å². The van der Waals surface area contributed by atoms with Crippen LogP contribution >= 0.6 is 0 Å². The number of nitrogens with zero attached hydrogens (tertiary/aromatic N) is 3. The molecule has 0 aliphatic rings. The highest BCUT2D eigenvalue weighted by atomic mass is 16.2. The minimum Gasteiger partial charge on any atom is -0.342 e. The number of carbonyl (C=O) groups is 2. The van der Waals surface area contributed by atoms with Crippen LogP contribution in [0.3, 0.4) is 0 Å². The molecule has 1 heterocycles. The van der Waals surface area contributed by atoms with Gasteiger partial charge in [-0.05, 0) is 24.6 Å². The number of benzene rings is 1. The number of hydrogen-bond donors (Lipinski definition) is 0. The van der Waals surface area contributed by atoms with Crippen molar-refractivity contribution in [2.24, 2.45) is 0 Å². The largest absolute Gasteiger partial charge is 0.342 e. The second-order valence-corrected chi connectivity index (χ2v) is 5.74. The summed E-state index contributed by atoms with van der Waals surface area (Å²) in [5, 5.41) is 0. The highest BCUT2D eigenvalue weighted by Crippen LogP contribution is 2.15. The smallest absolute Gasteiger partial charge is 0.259 e. The maximum atomic E-state index is 12.6. The lowest BCUT2D eigenvalue weighted by molar-refractivity contribution is 0.0793. The van der Waals surface area contributed by atoms with Gasteiger partial charge in [-0.25, -0.2) is 0 Å². The molecular weight excluding hydrogens is 302 g/mol. The van der Waals surface area contributed by atoms with Crippen molar-refractivity contribution in [2.75, 3.05) is 25.5 Å². The van der Waals surface area contributed by atoms with Gasteiger partial charge in [-0.2, -0.15) is 0 Å². The number of anilines is 1. The van der Waals surface area contributed by atoms with Crippen LogP contribution in [0.1, 0.15) is 40.5 Å². The molecule has 0 saturated carbocycles. The first-order valence-electron chi connectivity index (χ1n) is 8.08. The van der Waals surface area contributed by atoms with Crippen LogP contribution in [0.15, 0.2) is 48.8 Å². The minimum absolute atomic E-state index is 0.118. The van der Waals surface area contributed by atoms with Crippen molar-refractivity contribution in [3.63, 3.8) is 0 Å². The third-order valence-corrected chi connectivity index (χ3v) is 3.87. The zero-order valence-electron chi connectivity index (χ0n) is 14.4. The Morgan fingerprint density at radius 3 is 2.25 bits per heavy atom. The van der Waals surface area contributed by atoms with Crippen LogP contribution in [0.2, 0.25) is 0 Å². The van der Waals surface area contributed by atoms with Crippen LogP contribution in [0.4, 0.5) is 5.69 Å². The standard InChI is InChI=1S/C19H23N3O2/c1-4-5-11-21(2)18(23)15-12-16(14-20-13-15)19(24)22(3)17-9-7-6-8-10-17/h6-10,12-14H,4-5,11H2,1-3H3. The number of para-hydroxylation sites is 1. The molecule has 126 valence electrons. The molecule has 0 unspecified atom stereocenters. The van der Waals surface area contributed by atoms with E-state index >= 15 is 0 Å². The number of aromatic nitrogens is 1. The molecule has 1 aromatic heterocycles. The van der Waals surface area contributed by atoms with Gasteiger partial charge in [0.2, 0.25) is 0 Å². The summed E-state index contributed by atoms with van der Waals surface area (Å²) in [5.74, 6) is -0.312. The number of carbonyl (C=O) groups excluding carboxylic acids is 2. The number of hydrogen-bond acceptors (Lipinski definition) is 3. The molecule has 0 aliphatic carbocycles. The maximum absolute atomic E-state index is 12.6. The third-order valence-electron chi connectivity index (χ3n) is 3.87. The normalized spacial score (nSPS) is 10.3. The maximum Gasteiger partial charge on any atom is 0.259 e. The van der Waals surface area contributed by atoms with E-state index in [1.807, 2.05) is 30.3 Å². The van der Waals surface area contributed by atoms with Gasteiger partial charge in [0, 0.05) is 38.7 Å². The summed E-state index contributed by atoms with van der Waals surface area (Å²) in [6.07, 6.45) is 4.97. The number of rotatable bonds is 6. The molecule has 0 fully saturated rings. The Bertz CT molecular complexity index is 701. The number of pyridine rings is 1. The van der Waals surface area contributed by atoms with Crippen LogP contribution in [0, 0.1) is 0 Å². The van der Waals surface area contributed by atoms with Crippen LogP contribution in [0.25, 0.3) is 0 Å². The van der Waals surface area contributed by atoms with Crippen LogP contribution in [-0.2, 0) is 0 Å². The Morgan fingerprint density at radius 1 is 1.00 bits per heavy atom. The van der Waals surface area contributed by atoms with Gasteiger partial charge in [0.25, 0.3) is 11.8 Å². The van der Waals surface area contributed by atoms with Crippen LogP contribution in [0.5, 0.6) is 0 Å². The molecule has 5 nitrogen and oxygen atoms in total. The summed E-state index contributed by atoms with van der Waals surface area (Å²) >= 11 is 0. The van der Waals surface area contributed by atoms with E-state index in [-0.39, 0.29) is 11.8 Å². The Morgan fingerprint density at radius 2 is 1.62 bits per heavy atom. The first-order chi connectivity index (χ1) is 11.5. The third kappa shape index (κ3) is 4.19. The van der Waals surface area contributed by atoms with E-state index in [2.05, 4.69) is 11.9 Å². The summed E-state index contributed by atoms with van der Waals surface area (Å²) in [5.41, 5.74) is 1.62. The first kappa shape index (κ1) is 17.7. The minimum atomic E-state index is -0.195. The summed E-state index contributed by atoms with van der Waals surface area (Å²) in [4.78, 5) is 32.3. The highest BCUT2D eigenvalue weighted by Gasteiger charge is 2.17. The van der Waals surface area contributed by atoms with E-state index in [1.165, 1.54) is 12.4 Å². The lowest BCUT2D eigenvalue weighted by Gasteiger charge is -2.19. The van der Waals surface area contributed by atoms with Gasteiger partial charge in [-0.1, -0.05) is 31.5 Å². The average Bonchev–Trinajstić information content (AvgIpc) is 2.65. The molecule has 2 aromatic rings. The van der Waals surface area contributed by atoms with Gasteiger partial charge in [-0.15, -0.1) is 0 Å². The van der Waals surface area contributed by atoms with Crippen LogP contribution in [-0.4, -0.2) is 42.3 Å². The monoisotopic (exact) mass is 325 g/mol. The van der Waals surface area contributed by atoms with Crippen molar-refractivity contribution in [2.45, 2.75) is 19.8 Å². The van der Waals surface area contributed by atoms with E-state index in [0.717, 1.165) is 18.5 Å². The van der Waals surface area contributed by atoms with E-state index in [4.69, 9.17) is 0 Å². The molecule has 5 heteroatoms. The predicted molar refractivity (Wildman–Crippen MR) is 95.3 cm³/mol. The number of amides is 2. The Labute approximate surface area is 142 Å². The van der Waals surface area contributed by atoms with Gasteiger partial charge in [0.1, 0.15) is 0 Å². The topological polar surface area (TPSA) is 53.5 Å². The Balaban J connectivity index is 2.17. The van der Waals surface area contributed by atoms with Crippen molar-refractivity contribution in [3.8, 4) is 0 Å². The zero-order chi connectivity index (χ0) is 17.5. The molecule has 0 saturated heterocycles. The molecule has 1 aromatic carbocycles. The fraction of sp³-hybridized carbons (Fsp3) is 0.316. The molecule has 0 N–H and O–H groups in total. The van der Waals surface area contributed by atoms with Gasteiger partial charge < -0.3 is 9.80 Å². The summed E-state index contributed by atoms with van der Waals surface area (Å²) < 4.78 is 0. The molecule has 24 heavy (non-hydrogen) atoms. The molecule has 0 radical (unpaired) electrons. The zero-order valence-corrected chi connectivity index (χ0v) is 14.4. The van der Waals surface area contributed by atoms with E-state index in [9.17, 15) is 9.59 Å². The fourth-order valence-corrected chi connectivity index (χ4v) is 2.35. The van der Waals surface area contributed by atoms with Crippen molar-refractivity contribution in [1.82, 2.24) is 9.88 Å². The molecule has 0 spiro atoms. The van der Waals surface area contributed by atoms with Gasteiger partial charge in [0.05, 0.1) is 11.1 Å². The number of unbranched alkanes of at least 4 members (excludes halogenated alkanes) is 1. The second-order valence-electron chi connectivity index (χ2n) is 5.74.